The molecule has 0 amide bonds. The van der Waals surface area contributed by atoms with Crippen molar-refractivity contribution in [2.24, 2.45) is 0 Å². The molecule has 0 atom stereocenters. The number of hydrogen-bond donors (Lipinski definition) is 2. The van der Waals surface area contributed by atoms with Gasteiger partial charge in [0.25, 0.3) is 10.0 Å². The fraction of sp³-hybridized carbons (Fsp3) is 0.200. The van der Waals surface area contributed by atoms with Gasteiger partial charge in [0.2, 0.25) is 0 Å². The van der Waals surface area contributed by atoms with Crippen molar-refractivity contribution in [2.45, 2.75) is 18.7 Å². The summed E-state index contributed by atoms with van der Waals surface area (Å²) in [6, 6.07) is 11.5. The summed E-state index contributed by atoms with van der Waals surface area (Å²) < 4.78 is 32.7. The van der Waals surface area contributed by atoms with Crippen molar-refractivity contribution in [1.82, 2.24) is 0 Å². The number of aryl methyl sites for hydroxylation is 1. The lowest BCUT2D eigenvalue weighted by molar-refractivity contribution is 0.340. The lowest BCUT2D eigenvalue weighted by atomic mass is 10.2. The zero-order chi connectivity index (χ0) is 15.5. The SMILES string of the molecule is CCOc1cccc(NS(=O)(=O)c2ccc(N)cc2C)c1. The van der Waals surface area contributed by atoms with E-state index in [-0.39, 0.29) is 4.90 Å². The Morgan fingerprint density at radius 1 is 1.19 bits per heavy atom. The molecule has 0 aromatic heterocycles. The highest BCUT2D eigenvalue weighted by Gasteiger charge is 2.17. The summed E-state index contributed by atoms with van der Waals surface area (Å²) in [5.74, 6) is 0.617. The monoisotopic (exact) mass is 306 g/mol. The smallest absolute Gasteiger partial charge is 0.262 e. The van der Waals surface area contributed by atoms with Gasteiger partial charge in [0.1, 0.15) is 5.75 Å². The van der Waals surface area contributed by atoms with E-state index in [0.717, 1.165) is 0 Å². The molecule has 0 heterocycles. The molecule has 2 aromatic rings. The Hall–Kier alpha value is -2.21. The quantitative estimate of drug-likeness (QED) is 0.832. The number of rotatable bonds is 5. The van der Waals surface area contributed by atoms with Crippen molar-refractivity contribution in [3.8, 4) is 5.75 Å². The van der Waals surface area contributed by atoms with E-state index in [9.17, 15) is 8.42 Å². The fourth-order valence-electron chi connectivity index (χ4n) is 2.00. The van der Waals surface area contributed by atoms with Crippen LogP contribution in [0, 0.1) is 6.92 Å². The second kappa shape index (κ2) is 6.05. The molecule has 2 aromatic carbocycles. The van der Waals surface area contributed by atoms with Crippen LogP contribution in [0.25, 0.3) is 0 Å². The molecule has 0 spiro atoms. The van der Waals surface area contributed by atoms with Gasteiger partial charge in [-0.3, -0.25) is 4.72 Å². The summed E-state index contributed by atoms with van der Waals surface area (Å²) in [7, 11) is -3.65. The Morgan fingerprint density at radius 2 is 1.95 bits per heavy atom. The predicted octanol–water partition coefficient (Wildman–Crippen LogP) is 2.78. The highest BCUT2D eigenvalue weighted by molar-refractivity contribution is 7.92. The Bertz CT molecular complexity index is 742. The molecule has 0 bridgehead atoms. The minimum Gasteiger partial charge on any atom is -0.494 e. The van der Waals surface area contributed by atoms with Crippen LogP contribution in [0.4, 0.5) is 11.4 Å². The van der Waals surface area contributed by atoms with Crippen LogP contribution in [0.2, 0.25) is 0 Å². The molecule has 5 nitrogen and oxygen atoms in total. The first-order valence-electron chi connectivity index (χ1n) is 6.54. The van der Waals surface area contributed by atoms with E-state index in [0.29, 0.717) is 29.3 Å². The molecule has 3 N–H and O–H groups in total. The molecule has 0 unspecified atom stereocenters. The third kappa shape index (κ3) is 3.66. The van der Waals surface area contributed by atoms with Crippen LogP contribution in [0.3, 0.4) is 0 Å². The molecule has 6 heteroatoms. The molecule has 2 rings (SSSR count). The number of ether oxygens (including phenoxy) is 1. The van der Waals surface area contributed by atoms with E-state index >= 15 is 0 Å². The zero-order valence-electron chi connectivity index (χ0n) is 12.0. The number of hydrogen-bond acceptors (Lipinski definition) is 4. The Labute approximate surface area is 124 Å². The first-order valence-corrected chi connectivity index (χ1v) is 8.02. The van der Waals surface area contributed by atoms with Gasteiger partial charge in [-0.2, -0.15) is 0 Å². The lowest BCUT2D eigenvalue weighted by Gasteiger charge is -2.12. The van der Waals surface area contributed by atoms with Crippen molar-refractivity contribution in [2.75, 3.05) is 17.1 Å². The first kappa shape index (κ1) is 15.2. The van der Waals surface area contributed by atoms with Crippen molar-refractivity contribution in [3.05, 3.63) is 48.0 Å². The molecule has 0 aliphatic rings. The third-order valence-corrected chi connectivity index (χ3v) is 4.43. The number of nitrogen functional groups attached to an aromatic ring is 1. The molecule has 0 saturated carbocycles. The van der Waals surface area contributed by atoms with E-state index < -0.39 is 10.0 Å². The van der Waals surface area contributed by atoms with Crippen LogP contribution in [0.5, 0.6) is 5.75 Å². The molecule has 0 saturated heterocycles. The third-order valence-electron chi connectivity index (χ3n) is 2.89. The summed E-state index contributed by atoms with van der Waals surface area (Å²) in [6.07, 6.45) is 0. The van der Waals surface area contributed by atoms with Crippen molar-refractivity contribution in [3.63, 3.8) is 0 Å². The highest BCUT2D eigenvalue weighted by Crippen LogP contribution is 2.23. The molecule has 21 heavy (non-hydrogen) atoms. The van der Waals surface area contributed by atoms with Gasteiger partial charge < -0.3 is 10.5 Å². The largest absolute Gasteiger partial charge is 0.494 e. The van der Waals surface area contributed by atoms with Crippen molar-refractivity contribution < 1.29 is 13.2 Å². The molecular weight excluding hydrogens is 288 g/mol. The van der Waals surface area contributed by atoms with E-state index in [1.807, 2.05) is 6.92 Å². The van der Waals surface area contributed by atoms with E-state index in [1.165, 1.54) is 6.07 Å². The molecule has 112 valence electrons. The Kier molecular flexibility index (Phi) is 4.37. The van der Waals surface area contributed by atoms with Crippen molar-refractivity contribution in [1.29, 1.82) is 0 Å². The molecule has 0 radical (unpaired) electrons. The summed E-state index contributed by atoms with van der Waals surface area (Å²) in [5.41, 5.74) is 7.23. The zero-order valence-corrected chi connectivity index (χ0v) is 12.8. The number of anilines is 2. The van der Waals surface area contributed by atoms with Gasteiger partial charge in [-0.25, -0.2) is 8.42 Å². The van der Waals surface area contributed by atoms with Gasteiger partial charge in [0, 0.05) is 11.8 Å². The van der Waals surface area contributed by atoms with Crippen LogP contribution in [0.15, 0.2) is 47.4 Å². The second-order valence-corrected chi connectivity index (χ2v) is 6.24. The molecule has 0 aliphatic carbocycles. The maximum Gasteiger partial charge on any atom is 0.262 e. The van der Waals surface area contributed by atoms with Gasteiger partial charge in [-0.1, -0.05) is 6.07 Å². The topological polar surface area (TPSA) is 81.4 Å². The summed E-state index contributed by atoms with van der Waals surface area (Å²) >= 11 is 0. The average molecular weight is 306 g/mol. The van der Waals surface area contributed by atoms with Crippen LogP contribution in [-0.2, 0) is 10.0 Å². The number of nitrogens with two attached hydrogens (primary N) is 1. The van der Waals surface area contributed by atoms with Gasteiger partial charge in [0.15, 0.2) is 0 Å². The van der Waals surface area contributed by atoms with Crippen LogP contribution in [0.1, 0.15) is 12.5 Å². The standard InChI is InChI=1S/C15H18N2O3S/c1-3-20-14-6-4-5-13(10-14)17-21(18,19)15-8-7-12(16)9-11(15)2/h4-10,17H,3,16H2,1-2H3. The maximum absolute atomic E-state index is 12.4. The Morgan fingerprint density at radius 3 is 2.62 bits per heavy atom. The van der Waals surface area contributed by atoms with E-state index in [4.69, 9.17) is 10.5 Å². The average Bonchev–Trinajstić information content (AvgIpc) is 2.38. The normalized spacial score (nSPS) is 11.1. The Balaban J connectivity index is 2.31. The van der Waals surface area contributed by atoms with Gasteiger partial charge in [-0.15, -0.1) is 0 Å². The first-order chi connectivity index (χ1) is 9.92. The van der Waals surface area contributed by atoms with Crippen LogP contribution < -0.4 is 15.2 Å². The summed E-state index contributed by atoms with van der Waals surface area (Å²) in [6.45, 7) is 4.10. The maximum atomic E-state index is 12.4. The highest BCUT2D eigenvalue weighted by atomic mass is 32.2. The number of sulfonamides is 1. The minimum atomic E-state index is -3.65. The lowest BCUT2D eigenvalue weighted by Crippen LogP contribution is -2.14. The number of nitrogens with one attached hydrogen (secondary N) is 1. The van der Waals surface area contributed by atoms with Gasteiger partial charge in [-0.05, 0) is 49.7 Å². The van der Waals surface area contributed by atoms with Gasteiger partial charge in [0.05, 0.1) is 17.2 Å². The van der Waals surface area contributed by atoms with E-state index in [2.05, 4.69) is 4.72 Å². The van der Waals surface area contributed by atoms with E-state index in [1.54, 1.807) is 43.3 Å². The van der Waals surface area contributed by atoms with Crippen LogP contribution >= 0.6 is 0 Å². The second-order valence-electron chi connectivity index (χ2n) is 4.59. The molecule has 0 aliphatic heterocycles. The van der Waals surface area contributed by atoms with Crippen LogP contribution in [-0.4, -0.2) is 15.0 Å². The fourth-order valence-corrected chi connectivity index (χ4v) is 3.28. The predicted molar refractivity (Wildman–Crippen MR) is 84.0 cm³/mol. The number of benzene rings is 2. The summed E-state index contributed by atoms with van der Waals surface area (Å²) in [5, 5.41) is 0. The summed E-state index contributed by atoms with van der Waals surface area (Å²) in [4.78, 5) is 0.207. The van der Waals surface area contributed by atoms with Gasteiger partial charge >= 0.3 is 0 Å². The molecule has 0 fully saturated rings. The van der Waals surface area contributed by atoms with Crippen molar-refractivity contribution >= 4 is 21.4 Å². The minimum absolute atomic E-state index is 0.207. The molecular formula is C15H18N2O3S.